The zero-order valence-corrected chi connectivity index (χ0v) is 23.0. The minimum atomic E-state index is -0.255. The van der Waals surface area contributed by atoms with Gasteiger partial charge in [-0.2, -0.15) is 0 Å². The summed E-state index contributed by atoms with van der Waals surface area (Å²) in [5, 5.41) is 0. The largest absolute Gasteiger partial charge is 0.497 e. The zero-order valence-electron chi connectivity index (χ0n) is 23.0. The van der Waals surface area contributed by atoms with Crippen LogP contribution in [0, 0.1) is 0 Å². The van der Waals surface area contributed by atoms with E-state index in [4.69, 9.17) is 28.4 Å². The first-order chi connectivity index (χ1) is 19.1. The fourth-order valence-corrected chi connectivity index (χ4v) is 5.26. The normalized spacial score (nSPS) is 15.7. The average Bonchev–Trinajstić information content (AvgIpc) is 3.39. The summed E-state index contributed by atoms with van der Waals surface area (Å²) in [6.45, 7) is 0. The molecule has 202 valence electrons. The first kappa shape index (κ1) is 26.3. The minimum Gasteiger partial charge on any atom is -0.497 e. The molecule has 4 aromatic rings. The molecule has 0 fully saturated rings. The number of fused-ring (bicyclic) bond motifs is 1. The smallest absolute Gasteiger partial charge is 0.135 e. The van der Waals surface area contributed by atoms with E-state index in [0.29, 0.717) is 0 Å². The summed E-state index contributed by atoms with van der Waals surface area (Å²) in [5.41, 5.74) is 5.68. The number of aryl methyl sites for hydroxylation is 2. The molecular formula is C33H34O6. The topological polar surface area (TPSA) is 55.4 Å². The van der Waals surface area contributed by atoms with Crippen molar-refractivity contribution in [2.45, 2.75) is 24.9 Å². The quantitative estimate of drug-likeness (QED) is 0.227. The third-order valence-corrected chi connectivity index (χ3v) is 7.32. The van der Waals surface area contributed by atoms with Gasteiger partial charge >= 0.3 is 0 Å². The van der Waals surface area contributed by atoms with Crippen molar-refractivity contribution in [2.75, 3.05) is 35.5 Å². The van der Waals surface area contributed by atoms with Crippen LogP contribution in [0.3, 0.4) is 0 Å². The maximum atomic E-state index is 6.73. The molecule has 0 saturated carbocycles. The Morgan fingerprint density at radius 2 is 1.08 bits per heavy atom. The Morgan fingerprint density at radius 1 is 0.538 bits per heavy atom. The molecule has 1 aliphatic rings. The third-order valence-electron chi connectivity index (χ3n) is 7.32. The lowest BCUT2D eigenvalue weighted by molar-refractivity contribution is 0.221. The third kappa shape index (κ3) is 5.46. The lowest BCUT2D eigenvalue weighted by Crippen LogP contribution is -2.13. The van der Waals surface area contributed by atoms with Gasteiger partial charge in [0.1, 0.15) is 40.6 Å². The predicted octanol–water partition coefficient (Wildman–Crippen LogP) is 6.78. The molecule has 0 saturated heterocycles. The van der Waals surface area contributed by atoms with Gasteiger partial charge in [0.2, 0.25) is 0 Å². The maximum Gasteiger partial charge on any atom is 0.135 e. The molecule has 4 aromatic carbocycles. The second-order valence-electron chi connectivity index (χ2n) is 9.48. The molecule has 0 spiro atoms. The summed E-state index contributed by atoms with van der Waals surface area (Å²) in [6.07, 6.45) is 1.43. The summed E-state index contributed by atoms with van der Waals surface area (Å²) >= 11 is 0. The van der Waals surface area contributed by atoms with Gasteiger partial charge < -0.3 is 28.4 Å². The molecule has 0 radical (unpaired) electrons. The highest BCUT2D eigenvalue weighted by Gasteiger charge is 2.39. The van der Waals surface area contributed by atoms with Crippen molar-refractivity contribution in [3.8, 4) is 34.5 Å². The van der Waals surface area contributed by atoms with Crippen molar-refractivity contribution < 1.29 is 28.4 Å². The highest BCUT2D eigenvalue weighted by molar-refractivity contribution is 5.58. The van der Waals surface area contributed by atoms with Crippen LogP contribution in [-0.4, -0.2) is 35.5 Å². The van der Waals surface area contributed by atoms with E-state index in [1.54, 1.807) is 35.5 Å². The van der Waals surface area contributed by atoms with Crippen molar-refractivity contribution >= 4 is 0 Å². The van der Waals surface area contributed by atoms with Crippen LogP contribution >= 0.6 is 0 Å². The lowest BCUT2D eigenvalue weighted by Gasteiger charge is -2.22. The molecular weight excluding hydrogens is 492 g/mol. The highest BCUT2D eigenvalue weighted by atomic mass is 16.5. The Morgan fingerprint density at radius 3 is 1.64 bits per heavy atom. The van der Waals surface area contributed by atoms with Crippen LogP contribution in [0.25, 0.3) is 0 Å². The number of rotatable bonds is 10. The van der Waals surface area contributed by atoms with Crippen LogP contribution in [-0.2, 0) is 12.8 Å². The number of hydrogen-bond donors (Lipinski definition) is 0. The number of hydrogen-bond acceptors (Lipinski definition) is 6. The van der Waals surface area contributed by atoms with Gasteiger partial charge in [0, 0.05) is 17.7 Å². The Kier molecular flexibility index (Phi) is 7.82. The van der Waals surface area contributed by atoms with Crippen LogP contribution < -0.4 is 28.4 Å². The number of benzene rings is 4. The number of ether oxygens (including phenoxy) is 6. The Bertz CT molecular complexity index is 1390. The molecule has 1 heterocycles. The van der Waals surface area contributed by atoms with Crippen LogP contribution in [0.1, 0.15) is 39.8 Å². The summed E-state index contributed by atoms with van der Waals surface area (Å²) in [5.74, 6) is 4.63. The fourth-order valence-electron chi connectivity index (χ4n) is 5.26. The van der Waals surface area contributed by atoms with Gasteiger partial charge in [-0.05, 0) is 77.6 Å². The summed E-state index contributed by atoms with van der Waals surface area (Å²) < 4.78 is 34.4. The fraction of sp³-hybridized carbons (Fsp3) is 0.273. The van der Waals surface area contributed by atoms with E-state index in [-0.39, 0.29) is 12.0 Å². The van der Waals surface area contributed by atoms with E-state index in [9.17, 15) is 0 Å². The Balaban J connectivity index is 1.61. The lowest BCUT2D eigenvalue weighted by atomic mass is 9.81. The van der Waals surface area contributed by atoms with E-state index in [1.807, 2.05) is 36.4 Å². The SMILES string of the molecule is COc1ccc(CCc2cc(OC)cc3c2C(c2cc(OC)cc(OC)c2)C(c2ccc(OC)cc2)O3)cc1. The van der Waals surface area contributed by atoms with Crippen molar-refractivity contribution in [2.24, 2.45) is 0 Å². The molecule has 0 bridgehead atoms. The second-order valence-corrected chi connectivity index (χ2v) is 9.48. The van der Waals surface area contributed by atoms with Crippen LogP contribution in [0.15, 0.2) is 78.9 Å². The molecule has 5 rings (SSSR count). The first-order valence-corrected chi connectivity index (χ1v) is 12.9. The standard InChI is InChI=1S/C33H34O6/c1-34-25-12-7-21(8-13-25)6-9-23-16-29(38-5)20-30-31(23)32(24-17-27(36-3)19-28(18-24)37-4)33(39-30)22-10-14-26(35-2)15-11-22/h7-8,10-20,32-33H,6,9H2,1-5H3. The molecule has 0 aromatic heterocycles. The van der Waals surface area contributed by atoms with Crippen molar-refractivity contribution in [3.63, 3.8) is 0 Å². The minimum absolute atomic E-state index is 0.0887. The molecule has 0 aliphatic carbocycles. The van der Waals surface area contributed by atoms with Gasteiger partial charge in [0.25, 0.3) is 0 Å². The molecule has 0 amide bonds. The van der Waals surface area contributed by atoms with Gasteiger partial charge in [0.05, 0.1) is 41.5 Å². The maximum absolute atomic E-state index is 6.73. The molecule has 0 N–H and O–H groups in total. The monoisotopic (exact) mass is 526 g/mol. The van der Waals surface area contributed by atoms with Gasteiger partial charge in [-0.15, -0.1) is 0 Å². The van der Waals surface area contributed by atoms with Crippen molar-refractivity contribution in [1.82, 2.24) is 0 Å². The summed E-state index contributed by atoms with van der Waals surface area (Å²) in [7, 11) is 8.38. The van der Waals surface area contributed by atoms with E-state index < -0.39 is 0 Å². The highest BCUT2D eigenvalue weighted by Crippen LogP contribution is 2.53. The van der Waals surface area contributed by atoms with Gasteiger partial charge in [0.15, 0.2) is 0 Å². The van der Waals surface area contributed by atoms with Crippen LogP contribution in [0.4, 0.5) is 0 Å². The predicted molar refractivity (Wildman–Crippen MR) is 151 cm³/mol. The second kappa shape index (κ2) is 11.6. The van der Waals surface area contributed by atoms with E-state index in [1.165, 1.54) is 11.1 Å². The van der Waals surface area contributed by atoms with Gasteiger partial charge in [-0.3, -0.25) is 0 Å². The Hall–Kier alpha value is -4.32. The average molecular weight is 527 g/mol. The van der Waals surface area contributed by atoms with Crippen molar-refractivity contribution in [3.05, 3.63) is 107 Å². The zero-order chi connectivity index (χ0) is 27.4. The van der Waals surface area contributed by atoms with E-state index in [0.717, 1.165) is 64.0 Å². The van der Waals surface area contributed by atoms with Crippen LogP contribution in [0.5, 0.6) is 34.5 Å². The van der Waals surface area contributed by atoms with Gasteiger partial charge in [-0.1, -0.05) is 24.3 Å². The van der Waals surface area contributed by atoms with Crippen molar-refractivity contribution in [1.29, 1.82) is 0 Å². The molecule has 2 atom stereocenters. The van der Waals surface area contributed by atoms with Gasteiger partial charge in [-0.25, -0.2) is 0 Å². The summed E-state index contributed by atoms with van der Waals surface area (Å²) in [6, 6.07) is 26.4. The summed E-state index contributed by atoms with van der Waals surface area (Å²) in [4.78, 5) is 0. The van der Waals surface area contributed by atoms with Crippen LogP contribution in [0.2, 0.25) is 0 Å². The molecule has 1 aliphatic heterocycles. The van der Waals surface area contributed by atoms with E-state index in [2.05, 4.69) is 42.5 Å². The first-order valence-electron chi connectivity index (χ1n) is 12.9. The number of methoxy groups -OCH3 is 5. The van der Waals surface area contributed by atoms with E-state index >= 15 is 0 Å². The molecule has 6 heteroatoms. The Labute approximate surface area is 230 Å². The molecule has 6 nitrogen and oxygen atoms in total. The molecule has 39 heavy (non-hydrogen) atoms. The molecule has 2 unspecified atom stereocenters.